The van der Waals surface area contributed by atoms with Gasteiger partial charge in [-0.05, 0) is 12.0 Å². The highest BCUT2D eigenvalue weighted by Crippen LogP contribution is 2.01. The maximum absolute atomic E-state index is 9.19. The Morgan fingerprint density at radius 2 is 1.91 bits per heavy atom. The van der Waals surface area contributed by atoms with Gasteiger partial charge in [-0.15, -0.1) is 0 Å². The average molecular weight is 151 g/mol. The van der Waals surface area contributed by atoms with Crippen LogP contribution in [0.5, 0.6) is 0 Å². The highest BCUT2D eigenvalue weighted by Gasteiger charge is 2.00. The lowest BCUT2D eigenvalue weighted by atomic mass is 10.1. The van der Waals surface area contributed by atoms with Crippen LogP contribution >= 0.6 is 0 Å². The Hall–Kier alpha value is -0.860. The summed E-state index contributed by atoms with van der Waals surface area (Å²) in [6.07, 6.45) is 0.245. The normalized spacial score (nSPS) is 12.9. The molecule has 60 valence electrons. The van der Waals surface area contributed by atoms with Crippen LogP contribution in [0.1, 0.15) is 5.56 Å². The van der Waals surface area contributed by atoms with E-state index in [0.29, 0.717) is 13.0 Å². The summed E-state index contributed by atoms with van der Waals surface area (Å²) in [6.45, 7) is 0.328. The Labute approximate surface area is 66.7 Å². The van der Waals surface area contributed by atoms with Crippen molar-refractivity contribution in [2.45, 2.75) is 12.5 Å². The molecule has 0 aliphatic carbocycles. The standard InChI is InChI=1S/C9H13NO/c10-7-9(11)6-8-4-2-1-3-5-8/h1-5,9,11H,6-7,10H2/t9-/m1/s1. The topological polar surface area (TPSA) is 46.2 Å². The van der Waals surface area contributed by atoms with E-state index in [1.807, 2.05) is 30.3 Å². The second kappa shape index (κ2) is 4.11. The number of aliphatic hydroxyl groups excluding tert-OH is 1. The molecule has 0 radical (unpaired) electrons. The maximum atomic E-state index is 9.19. The van der Waals surface area contributed by atoms with E-state index in [1.54, 1.807) is 0 Å². The zero-order valence-corrected chi connectivity index (χ0v) is 6.40. The molecule has 0 saturated heterocycles. The van der Waals surface area contributed by atoms with E-state index in [9.17, 15) is 5.11 Å². The maximum Gasteiger partial charge on any atom is 0.0702 e. The van der Waals surface area contributed by atoms with Crippen molar-refractivity contribution in [2.24, 2.45) is 5.73 Å². The summed E-state index contributed by atoms with van der Waals surface area (Å²) < 4.78 is 0. The van der Waals surface area contributed by atoms with Gasteiger partial charge in [-0.2, -0.15) is 0 Å². The molecule has 11 heavy (non-hydrogen) atoms. The molecule has 1 rings (SSSR count). The summed E-state index contributed by atoms with van der Waals surface area (Å²) in [4.78, 5) is 0. The first-order valence-corrected chi connectivity index (χ1v) is 3.75. The first-order chi connectivity index (χ1) is 5.33. The summed E-state index contributed by atoms with van der Waals surface area (Å²) in [5.41, 5.74) is 6.40. The fourth-order valence-corrected chi connectivity index (χ4v) is 0.970. The van der Waals surface area contributed by atoms with Gasteiger partial charge in [-0.3, -0.25) is 0 Å². The molecule has 2 nitrogen and oxygen atoms in total. The van der Waals surface area contributed by atoms with Crippen molar-refractivity contribution in [3.8, 4) is 0 Å². The third-order valence-corrected chi connectivity index (χ3v) is 1.59. The first kappa shape index (κ1) is 8.24. The van der Waals surface area contributed by atoms with Crippen LogP contribution in [-0.4, -0.2) is 17.8 Å². The molecular formula is C9H13NO. The van der Waals surface area contributed by atoms with Crippen LogP contribution in [0, 0.1) is 0 Å². The third-order valence-electron chi connectivity index (χ3n) is 1.59. The lowest BCUT2D eigenvalue weighted by Gasteiger charge is -2.06. The van der Waals surface area contributed by atoms with E-state index in [4.69, 9.17) is 5.73 Å². The van der Waals surface area contributed by atoms with Crippen LogP contribution in [0.2, 0.25) is 0 Å². The SMILES string of the molecule is NC[C@H](O)Cc1ccccc1. The lowest BCUT2D eigenvalue weighted by Crippen LogP contribution is -2.21. The molecule has 1 aromatic rings. The predicted molar refractivity (Wildman–Crippen MR) is 45.2 cm³/mol. The smallest absolute Gasteiger partial charge is 0.0702 e. The summed E-state index contributed by atoms with van der Waals surface area (Å²) in [7, 11) is 0. The minimum Gasteiger partial charge on any atom is -0.391 e. The van der Waals surface area contributed by atoms with E-state index in [2.05, 4.69) is 0 Å². The van der Waals surface area contributed by atoms with E-state index in [1.165, 1.54) is 0 Å². The Bertz CT molecular complexity index is 198. The number of nitrogens with two attached hydrogens (primary N) is 1. The molecule has 0 spiro atoms. The number of rotatable bonds is 3. The molecule has 0 aliphatic rings. The van der Waals surface area contributed by atoms with Crippen LogP contribution in [0.3, 0.4) is 0 Å². The molecule has 0 heterocycles. The Morgan fingerprint density at radius 3 is 2.45 bits per heavy atom. The minimum absolute atomic E-state index is 0.328. The second-order valence-corrected chi connectivity index (χ2v) is 2.58. The molecule has 0 saturated carbocycles. The zero-order chi connectivity index (χ0) is 8.10. The van der Waals surface area contributed by atoms with Gasteiger partial charge in [-0.1, -0.05) is 30.3 Å². The molecule has 3 N–H and O–H groups in total. The third kappa shape index (κ3) is 2.70. The van der Waals surface area contributed by atoms with Crippen LogP contribution in [0.4, 0.5) is 0 Å². The number of aliphatic hydroxyl groups is 1. The summed E-state index contributed by atoms with van der Waals surface area (Å²) in [5.74, 6) is 0. The number of benzene rings is 1. The van der Waals surface area contributed by atoms with Gasteiger partial charge in [0.15, 0.2) is 0 Å². The van der Waals surface area contributed by atoms with Gasteiger partial charge in [0, 0.05) is 6.54 Å². The highest BCUT2D eigenvalue weighted by molar-refractivity contribution is 5.15. The monoisotopic (exact) mass is 151 g/mol. The van der Waals surface area contributed by atoms with Crippen molar-refractivity contribution in [2.75, 3.05) is 6.54 Å². The molecule has 0 unspecified atom stereocenters. The van der Waals surface area contributed by atoms with Gasteiger partial charge in [-0.25, -0.2) is 0 Å². The Morgan fingerprint density at radius 1 is 1.27 bits per heavy atom. The quantitative estimate of drug-likeness (QED) is 0.662. The molecule has 0 amide bonds. The van der Waals surface area contributed by atoms with Gasteiger partial charge in [0.2, 0.25) is 0 Å². The second-order valence-electron chi connectivity index (χ2n) is 2.58. The lowest BCUT2D eigenvalue weighted by molar-refractivity contribution is 0.183. The predicted octanol–water partition coefficient (Wildman–Crippen LogP) is 0.549. The van der Waals surface area contributed by atoms with Crippen LogP contribution < -0.4 is 5.73 Å². The van der Waals surface area contributed by atoms with E-state index in [0.717, 1.165) is 5.56 Å². The number of hydrogen-bond acceptors (Lipinski definition) is 2. The average Bonchev–Trinajstić information content (AvgIpc) is 2.06. The van der Waals surface area contributed by atoms with E-state index >= 15 is 0 Å². The summed E-state index contributed by atoms with van der Waals surface area (Å²) in [6, 6.07) is 9.84. The Balaban J connectivity index is 2.51. The molecule has 0 aromatic heterocycles. The van der Waals surface area contributed by atoms with Gasteiger partial charge < -0.3 is 10.8 Å². The van der Waals surface area contributed by atoms with Crippen molar-refractivity contribution in [3.63, 3.8) is 0 Å². The summed E-state index contributed by atoms with van der Waals surface area (Å²) >= 11 is 0. The fourth-order valence-electron chi connectivity index (χ4n) is 0.970. The van der Waals surface area contributed by atoms with E-state index in [-0.39, 0.29) is 0 Å². The Kier molecular flexibility index (Phi) is 3.08. The summed E-state index contributed by atoms with van der Waals surface area (Å²) in [5, 5.41) is 9.19. The highest BCUT2D eigenvalue weighted by atomic mass is 16.3. The molecule has 1 atom stereocenters. The van der Waals surface area contributed by atoms with Crippen molar-refractivity contribution in [1.29, 1.82) is 0 Å². The van der Waals surface area contributed by atoms with Crippen molar-refractivity contribution in [3.05, 3.63) is 35.9 Å². The van der Waals surface area contributed by atoms with Crippen molar-refractivity contribution < 1.29 is 5.11 Å². The molecule has 1 aromatic carbocycles. The zero-order valence-electron chi connectivity index (χ0n) is 6.40. The molecule has 2 heteroatoms. The van der Waals surface area contributed by atoms with Crippen molar-refractivity contribution in [1.82, 2.24) is 0 Å². The van der Waals surface area contributed by atoms with Gasteiger partial charge in [0.1, 0.15) is 0 Å². The fraction of sp³-hybridized carbons (Fsp3) is 0.333. The molecule has 0 fully saturated rings. The van der Waals surface area contributed by atoms with Gasteiger partial charge in [0.05, 0.1) is 6.10 Å². The van der Waals surface area contributed by atoms with Crippen LogP contribution in [-0.2, 0) is 6.42 Å². The van der Waals surface area contributed by atoms with Crippen molar-refractivity contribution >= 4 is 0 Å². The molecule has 0 aliphatic heterocycles. The van der Waals surface area contributed by atoms with Crippen LogP contribution in [0.15, 0.2) is 30.3 Å². The number of hydrogen-bond donors (Lipinski definition) is 2. The van der Waals surface area contributed by atoms with Gasteiger partial charge >= 0.3 is 0 Å². The van der Waals surface area contributed by atoms with E-state index < -0.39 is 6.10 Å². The molecule has 0 bridgehead atoms. The molecular weight excluding hydrogens is 138 g/mol. The van der Waals surface area contributed by atoms with Gasteiger partial charge in [0.25, 0.3) is 0 Å². The minimum atomic E-state index is -0.405. The van der Waals surface area contributed by atoms with Crippen LogP contribution in [0.25, 0.3) is 0 Å². The first-order valence-electron chi connectivity index (χ1n) is 3.75. The largest absolute Gasteiger partial charge is 0.391 e.